The molecule has 0 aromatic carbocycles. The first-order valence-corrected chi connectivity index (χ1v) is 6.36. The van der Waals surface area contributed by atoms with Crippen LogP contribution in [0.1, 0.15) is 21.4 Å². The largest absolute Gasteiger partial charge is 0.322 e. The van der Waals surface area contributed by atoms with E-state index in [1.165, 1.54) is 10.4 Å². The number of imide groups is 1. The molecule has 3 rings (SSSR count). The van der Waals surface area contributed by atoms with Crippen LogP contribution in [0, 0.1) is 0 Å². The smallest absolute Gasteiger partial charge is 0.321 e. The zero-order chi connectivity index (χ0) is 12.0. The van der Waals surface area contributed by atoms with Crippen molar-refractivity contribution in [3.8, 4) is 0 Å². The van der Waals surface area contributed by atoms with Gasteiger partial charge >= 0.3 is 6.03 Å². The molecule has 1 saturated heterocycles. The van der Waals surface area contributed by atoms with E-state index in [9.17, 15) is 9.59 Å². The van der Waals surface area contributed by atoms with Gasteiger partial charge in [0.1, 0.15) is 6.04 Å². The highest BCUT2D eigenvalue weighted by Gasteiger charge is 2.33. The van der Waals surface area contributed by atoms with Gasteiger partial charge in [-0.05, 0) is 25.1 Å². The van der Waals surface area contributed by atoms with E-state index in [1.54, 1.807) is 11.3 Å². The van der Waals surface area contributed by atoms with E-state index in [2.05, 4.69) is 22.6 Å². The third kappa shape index (κ3) is 1.83. The van der Waals surface area contributed by atoms with Crippen molar-refractivity contribution in [1.29, 1.82) is 0 Å². The highest BCUT2D eigenvalue weighted by Crippen LogP contribution is 2.32. The minimum Gasteiger partial charge on any atom is -0.321 e. The molecule has 3 heterocycles. The topological polar surface area (TPSA) is 61.4 Å². The summed E-state index contributed by atoms with van der Waals surface area (Å²) in [6, 6.07) is 1.15. The van der Waals surface area contributed by atoms with E-state index in [0.29, 0.717) is 0 Å². The lowest BCUT2D eigenvalue weighted by molar-refractivity contribution is -0.120. The molecular formula is C11H13N3O2S. The van der Waals surface area contributed by atoms with Gasteiger partial charge in [-0.3, -0.25) is 10.1 Å². The number of hydrogen-bond acceptors (Lipinski definition) is 4. The van der Waals surface area contributed by atoms with E-state index in [0.717, 1.165) is 24.4 Å². The van der Waals surface area contributed by atoms with Gasteiger partial charge in [0.25, 0.3) is 5.91 Å². The molecule has 17 heavy (non-hydrogen) atoms. The third-order valence-corrected chi connectivity index (χ3v) is 4.44. The second kappa shape index (κ2) is 3.82. The van der Waals surface area contributed by atoms with Crippen molar-refractivity contribution in [2.45, 2.75) is 19.0 Å². The molecule has 90 valence electrons. The van der Waals surface area contributed by atoms with Crippen molar-refractivity contribution in [3.05, 3.63) is 21.4 Å². The first-order chi connectivity index (χ1) is 8.13. The molecule has 0 saturated carbocycles. The van der Waals surface area contributed by atoms with Crippen LogP contribution in [0.25, 0.3) is 0 Å². The predicted octanol–water partition coefficient (Wildman–Crippen LogP) is 0.616. The van der Waals surface area contributed by atoms with E-state index in [4.69, 9.17) is 0 Å². The van der Waals surface area contributed by atoms with Crippen molar-refractivity contribution in [2.75, 3.05) is 13.6 Å². The molecule has 0 radical (unpaired) electrons. The van der Waals surface area contributed by atoms with Crippen LogP contribution in [-0.2, 0) is 17.8 Å². The van der Waals surface area contributed by atoms with Gasteiger partial charge in [-0.15, -0.1) is 11.3 Å². The number of hydrogen-bond donors (Lipinski definition) is 2. The molecule has 2 aliphatic rings. The molecule has 2 N–H and O–H groups in total. The Balaban J connectivity index is 1.90. The van der Waals surface area contributed by atoms with Crippen LogP contribution < -0.4 is 10.6 Å². The molecule has 1 aromatic rings. The Morgan fingerprint density at radius 2 is 2.29 bits per heavy atom. The zero-order valence-electron chi connectivity index (χ0n) is 9.45. The van der Waals surface area contributed by atoms with Gasteiger partial charge in [-0.2, -0.15) is 0 Å². The maximum Gasteiger partial charge on any atom is 0.322 e. The average molecular weight is 251 g/mol. The molecule has 6 heteroatoms. The van der Waals surface area contributed by atoms with Gasteiger partial charge in [-0.25, -0.2) is 4.79 Å². The number of nitrogens with zero attached hydrogens (tertiary/aromatic N) is 1. The Morgan fingerprint density at radius 1 is 1.47 bits per heavy atom. The number of rotatable bonds is 1. The number of fused-ring (bicyclic) bond motifs is 1. The molecule has 0 aliphatic carbocycles. The number of likely N-dealkylation sites (N-methyl/N-ethyl adjacent to an activating group) is 1. The normalized spacial score (nSPS) is 24.4. The van der Waals surface area contributed by atoms with Crippen LogP contribution in [0.5, 0.6) is 0 Å². The summed E-state index contributed by atoms with van der Waals surface area (Å²) in [7, 11) is 2.09. The Hall–Kier alpha value is -1.40. The van der Waals surface area contributed by atoms with Crippen molar-refractivity contribution in [3.63, 3.8) is 0 Å². The predicted molar refractivity (Wildman–Crippen MR) is 63.8 cm³/mol. The first-order valence-electron chi connectivity index (χ1n) is 5.55. The van der Waals surface area contributed by atoms with Crippen LogP contribution in [-0.4, -0.2) is 30.4 Å². The van der Waals surface area contributed by atoms with E-state index < -0.39 is 12.1 Å². The molecule has 1 atom stereocenters. The second-order valence-corrected chi connectivity index (χ2v) is 5.65. The minimum atomic E-state index is -0.497. The Labute approximate surface area is 103 Å². The monoisotopic (exact) mass is 251 g/mol. The summed E-state index contributed by atoms with van der Waals surface area (Å²) >= 11 is 1.64. The fourth-order valence-corrected chi connectivity index (χ4v) is 3.47. The lowest BCUT2D eigenvalue weighted by Crippen LogP contribution is -2.25. The number of nitrogens with one attached hydrogen (secondary N) is 2. The van der Waals surface area contributed by atoms with E-state index in [-0.39, 0.29) is 5.91 Å². The quantitative estimate of drug-likeness (QED) is 0.719. The standard InChI is InChI=1S/C11H13N3O2S/c1-14-3-2-7-6(5-14)4-8(17-7)9-10(15)13-11(16)12-9/h4,9H,2-3,5H2,1H3,(H2,12,13,15,16)/t9-/m0/s1. The maximum atomic E-state index is 11.6. The van der Waals surface area contributed by atoms with Crippen molar-refractivity contribution >= 4 is 23.3 Å². The molecule has 0 unspecified atom stereocenters. The van der Waals surface area contributed by atoms with Gasteiger partial charge in [0.2, 0.25) is 0 Å². The lowest BCUT2D eigenvalue weighted by Gasteiger charge is -2.21. The summed E-state index contributed by atoms with van der Waals surface area (Å²) in [5, 5.41) is 4.90. The van der Waals surface area contributed by atoms with Crippen LogP contribution >= 0.6 is 11.3 Å². The highest BCUT2D eigenvalue weighted by molar-refractivity contribution is 7.12. The van der Waals surface area contributed by atoms with Crippen LogP contribution in [0.15, 0.2) is 6.07 Å². The second-order valence-electron chi connectivity index (χ2n) is 4.48. The maximum absolute atomic E-state index is 11.6. The number of carbonyl (C=O) groups excluding carboxylic acids is 2. The molecule has 5 nitrogen and oxygen atoms in total. The van der Waals surface area contributed by atoms with Crippen molar-refractivity contribution in [2.24, 2.45) is 0 Å². The average Bonchev–Trinajstić information content (AvgIpc) is 2.80. The van der Waals surface area contributed by atoms with Gasteiger partial charge in [0.05, 0.1) is 0 Å². The van der Waals surface area contributed by atoms with Crippen LogP contribution in [0.3, 0.4) is 0 Å². The highest BCUT2D eigenvalue weighted by atomic mass is 32.1. The number of thiophene rings is 1. The van der Waals surface area contributed by atoms with Gasteiger partial charge in [0, 0.05) is 22.8 Å². The van der Waals surface area contributed by atoms with E-state index >= 15 is 0 Å². The number of urea groups is 1. The molecular weight excluding hydrogens is 238 g/mol. The SMILES string of the molecule is CN1CCc2sc([C@@H]3NC(=O)NC3=O)cc2C1. The summed E-state index contributed by atoms with van der Waals surface area (Å²) in [6.45, 7) is 1.98. The zero-order valence-corrected chi connectivity index (χ0v) is 10.3. The molecule has 0 bridgehead atoms. The fraction of sp³-hybridized carbons (Fsp3) is 0.455. The minimum absolute atomic E-state index is 0.248. The Bertz CT molecular complexity index is 497. The van der Waals surface area contributed by atoms with Gasteiger partial charge in [-0.1, -0.05) is 0 Å². The van der Waals surface area contributed by atoms with Crippen molar-refractivity contribution in [1.82, 2.24) is 15.5 Å². The fourth-order valence-electron chi connectivity index (χ4n) is 2.26. The molecule has 3 amide bonds. The summed E-state index contributed by atoms with van der Waals surface area (Å²) in [6.07, 6.45) is 1.03. The Kier molecular flexibility index (Phi) is 2.41. The molecule has 1 fully saturated rings. The van der Waals surface area contributed by atoms with Crippen molar-refractivity contribution < 1.29 is 9.59 Å². The molecule has 0 spiro atoms. The van der Waals surface area contributed by atoms with E-state index in [1.807, 2.05) is 6.07 Å². The lowest BCUT2D eigenvalue weighted by atomic mass is 10.1. The van der Waals surface area contributed by atoms with Crippen LogP contribution in [0.4, 0.5) is 4.79 Å². The number of amides is 3. The molecule has 2 aliphatic heterocycles. The summed E-state index contributed by atoms with van der Waals surface area (Å²) in [4.78, 5) is 27.2. The van der Waals surface area contributed by atoms with Crippen LogP contribution in [0.2, 0.25) is 0 Å². The molecule has 1 aromatic heterocycles. The van der Waals surface area contributed by atoms with Gasteiger partial charge < -0.3 is 10.2 Å². The summed E-state index contributed by atoms with van der Waals surface area (Å²) in [5.74, 6) is -0.248. The summed E-state index contributed by atoms with van der Waals surface area (Å²) in [5.41, 5.74) is 1.28. The summed E-state index contributed by atoms with van der Waals surface area (Å²) < 4.78 is 0. The third-order valence-electron chi connectivity index (χ3n) is 3.14. The number of carbonyl (C=O) groups is 2. The Morgan fingerprint density at radius 3 is 3.00 bits per heavy atom. The van der Waals surface area contributed by atoms with Gasteiger partial charge in [0.15, 0.2) is 0 Å². The first kappa shape index (κ1) is 10.7.